The first-order valence-electron chi connectivity index (χ1n) is 4.49. The Morgan fingerprint density at radius 3 is 2.60 bits per heavy atom. The summed E-state index contributed by atoms with van der Waals surface area (Å²) in [5.74, 6) is 0. The lowest BCUT2D eigenvalue weighted by molar-refractivity contribution is 0.239. The molecule has 1 aromatic rings. The van der Waals surface area contributed by atoms with E-state index in [1.807, 2.05) is 13.8 Å². The van der Waals surface area contributed by atoms with E-state index >= 15 is 0 Å². The highest BCUT2D eigenvalue weighted by molar-refractivity contribution is 6.37. The third-order valence-electron chi connectivity index (χ3n) is 2.39. The molecule has 0 bridgehead atoms. The Hall–Kier alpha value is -0.930. The molecule has 0 fully saturated rings. The van der Waals surface area contributed by atoms with Crippen molar-refractivity contribution in [2.45, 2.75) is 19.4 Å². The van der Waals surface area contributed by atoms with Crippen molar-refractivity contribution in [2.75, 3.05) is 5.32 Å². The van der Waals surface area contributed by atoms with E-state index < -0.39 is 5.54 Å². The molecule has 5 heteroatoms. The maximum Gasteiger partial charge on any atom is 0.319 e. The predicted molar refractivity (Wildman–Crippen MR) is 61.6 cm³/mol. The highest BCUT2D eigenvalue weighted by atomic mass is 35.5. The molecule has 1 aliphatic heterocycles. The molecule has 2 rings (SSSR count). The van der Waals surface area contributed by atoms with E-state index in [1.54, 1.807) is 12.1 Å². The molecule has 0 aromatic heterocycles. The summed E-state index contributed by atoms with van der Waals surface area (Å²) in [6.07, 6.45) is 0. The number of hydrogen-bond acceptors (Lipinski definition) is 1. The molecule has 1 aromatic carbocycles. The number of rotatable bonds is 0. The van der Waals surface area contributed by atoms with Crippen molar-refractivity contribution in [1.29, 1.82) is 0 Å². The third-order valence-corrected chi connectivity index (χ3v) is 2.91. The van der Waals surface area contributed by atoms with Gasteiger partial charge in [0.1, 0.15) is 0 Å². The van der Waals surface area contributed by atoms with Gasteiger partial charge in [0.15, 0.2) is 0 Å². The Labute approximate surface area is 97.8 Å². The maximum atomic E-state index is 11.4. The van der Waals surface area contributed by atoms with Gasteiger partial charge in [-0.05, 0) is 26.0 Å². The fraction of sp³-hybridized carbons (Fsp3) is 0.300. The minimum Gasteiger partial charge on any atom is -0.329 e. The van der Waals surface area contributed by atoms with Gasteiger partial charge < -0.3 is 10.6 Å². The van der Waals surface area contributed by atoms with Crippen LogP contribution in [0.2, 0.25) is 10.0 Å². The van der Waals surface area contributed by atoms with E-state index in [-0.39, 0.29) is 6.03 Å². The van der Waals surface area contributed by atoms with Gasteiger partial charge >= 0.3 is 6.03 Å². The summed E-state index contributed by atoms with van der Waals surface area (Å²) < 4.78 is 0. The van der Waals surface area contributed by atoms with E-state index in [9.17, 15) is 4.79 Å². The molecule has 15 heavy (non-hydrogen) atoms. The van der Waals surface area contributed by atoms with Crippen LogP contribution in [0.25, 0.3) is 0 Å². The van der Waals surface area contributed by atoms with Crippen molar-refractivity contribution < 1.29 is 4.79 Å². The number of carbonyl (C=O) groups excluding carboxylic acids is 1. The molecule has 3 nitrogen and oxygen atoms in total. The SMILES string of the molecule is CC1(C)NC(=O)Nc2c(Cl)cc(Cl)cc21. The van der Waals surface area contributed by atoms with Crippen LogP contribution in [0.5, 0.6) is 0 Å². The number of anilines is 1. The monoisotopic (exact) mass is 244 g/mol. The van der Waals surface area contributed by atoms with E-state index in [0.29, 0.717) is 15.7 Å². The largest absolute Gasteiger partial charge is 0.329 e. The van der Waals surface area contributed by atoms with Gasteiger partial charge in [0.05, 0.1) is 16.2 Å². The Balaban J connectivity index is 2.67. The topological polar surface area (TPSA) is 41.1 Å². The summed E-state index contributed by atoms with van der Waals surface area (Å²) in [5, 5.41) is 6.49. The molecule has 2 amide bonds. The van der Waals surface area contributed by atoms with Gasteiger partial charge in [-0.1, -0.05) is 23.2 Å². The van der Waals surface area contributed by atoms with Gasteiger partial charge in [0.25, 0.3) is 0 Å². The lowest BCUT2D eigenvalue weighted by Gasteiger charge is -2.34. The van der Waals surface area contributed by atoms with Crippen molar-refractivity contribution in [1.82, 2.24) is 5.32 Å². The summed E-state index contributed by atoms with van der Waals surface area (Å²) in [5.41, 5.74) is 1.06. The molecule has 0 saturated carbocycles. The van der Waals surface area contributed by atoms with Crippen LogP contribution in [0.4, 0.5) is 10.5 Å². The summed E-state index contributed by atoms with van der Waals surface area (Å²) >= 11 is 11.9. The molecule has 0 unspecified atom stereocenters. The highest BCUT2D eigenvalue weighted by Crippen LogP contribution is 2.38. The summed E-state index contributed by atoms with van der Waals surface area (Å²) in [6.45, 7) is 3.80. The number of benzene rings is 1. The van der Waals surface area contributed by atoms with Crippen LogP contribution in [0.15, 0.2) is 12.1 Å². The lowest BCUT2D eigenvalue weighted by atomic mass is 9.91. The van der Waals surface area contributed by atoms with Crippen molar-refractivity contribution >= 4 is 34.9 Å². The minimum atomic E-state index is -0.466. The first kappa shape index (κ1) is 10.6. The third kappa shape index (κ3) is 1.77. The average Bonchev–Trinajstić information content (AvgIpc) is 2.06. The van der Waals surface area contributed by atoms with Gasteiger partial charge in [-0.3, -0.25) is 0 Å². The zero-order valence-electron chi connectivity index (χ0n) is 8.32. The van der Waals surface area contributed by atoms with E-state index in [0.717, 1.165) is 5.56 Å². The van der Waals surface area contributed by atoms with Gasteiger partial charge in [-0.15, -0.1) is 0 Å². The number of carbonyl (C=O) groups is 1. The molecule has 1 aliphatic rings. The van der Waals surface area contributed by atoms with Crippen LogP contribution in [0.1, 0.15) is 19.4 Å². The lowest BCUT2D eigenvalue weighted by Crippen LogP contribution is -2.47. The van der Waals surface area contributed by atoms with Crippen molar-refractivity contribution in [3.05, 3.63) is 27.7 Å². The second-order valence-corrected chi connectivity index (χ2v) is 4.86. The Morgan fingerprint density at radius 2 is 1.93 bits per heavy atom. The molecule has 0 saturated heterocycles. The molecule has 0 aliphatic carbocycles. The molecule has 0 spiro atoms. The molecule has 80 valence electrons. The van der Waals surface area contributed by atoms with Gasteiger partial charge in [0, 0.05) is 10.6 Å². The standard InChI is InChI=1S/C10H10Cl2N2O/c1-10(2)6-3-5(11)4-7(12)8(6)13-9(15)14-10/h3-4H,1-2H3,(H2,13,14,15). The van der Waals surface area contributed by atoms with E-state index in [2.05, 4.69) is 10.6 Å². The Kier molecular flexibility index (Phi) is 2.32. The number of urea groups is 1. The Morgan fingerprint density at radius 1 is 1.27 bits per heavy atom. The smallest absolute Gasteiger partial charge is 0.319 e. The average molecular weight is 245 g/mol. The number of nitrogens with one attached hydrogen (secondary N) is 2. The summed E-state index contributed by atoms with van der Waals surface area (Å²) in [4.78, 5) is 11.4. The second-order valence-electron chi connectivity index (χ2n) is 4.01. The molecule has 1 heterocycles. The van der Waals surface area contributed by atoms with Crippen LogP contribution in [-0.2, 0) is 5.54 Å². The fourth-order valence-electron chi connectivity index (χ4n) is 1.69. The number of fused-ring (bicyclic) bond motifs is 1. The van der Waals surface area contributed by atoms with E-state index in [4.69, 9.17) is 23.2 Å². The zero-order valence-corrected chi connectivity index (χ0v) is 9.83. The van der Waals surface area contributed by atoms with Gasteiger partial charge in [0.2, 0.25) is 0 Å². The molecule has 2 N–H and O–H groups in total. The molecular weight excluding hydrogens is 235 g/mol. The van der Waals surface area contributed by atoms with Crippen LogP contribution in [0.3, 0.4) is 0 Å². The van der Waals surface area contributed by atoms with Gasteiger partial charge in [-0.25, -0.2) is 4.79 Å². The normalized spacial score (nSPS) is 17.7. The van der Waals surface area contributed by atoms with Crippen molar-refractivity contribution in [3.63, 3.8) is 0 Å². The first-order chi connectivity index (χ1) is 6.90. The first-order valence-corrected chi connectivity index (χ1v) is 5.24. The zero-order chi connectivity index (χ0) is 11.2. The predicted octanol–water partition coefficient (Wildman–Crippen LogP) is 3.36. The maximum absolute atomic E-state index is 11.4. The number of halogens is 2. The fourth-order valence-corrected chi connectivity index (χ4v) is 2.23. The van der Waals surface area contributed by atoms with Crippen LogP contribution >= 0.6 is 23.2 Å². The van der Waals surface area contributed by atoms with Crippen LogP contribution < -0.4 is 10.6 Å². The van der Waals surface area contributed by atoms with Crippen molar-refractivity contribution in [2.24, 2.45) is 0 Å². The summed E-state index contributed by atoms with van der Waals surface area (Å²) in [7, 11) is 0. The minimum absolute atomic E-state index is 0.253. The molecule has 0 radical (unpaired) electrons. The quantitative estimate of drug-likeness (QED) is 0.722. The number of amides is 2. The van der Waals surface area contributed by atoms with Crippen LogP contribution in [0, 0.1) is 0 Å². The van der Waals surface area contributed by atoms with Crippen molar-refractivity contribution in [3.8, 4) is 0 Å². The summed E-state index contributed by atoms with van der Waals surface area (Å²) in [6, 6.07) is 3.16. The van der Waals surface area contributed by atoms with E-state index in [1.165, 1.54) is 0 Å². The Bertz CT molecular complexity index is 443. The number of hydrogen-bond donors (Lipinski definition) is 2. The molecule has 0 atom stereocenters. The second kappa shape index (κ2) is 3.29. The molecular formula is C10H10Cl2N2O. The van der Waals surface area contributed by atoms with Gasteiger partial charge in [-0.2, -0.15) is 0 Å². The van der Waals surface area contributed by atoms with Crippen LogP contribution in [-0.4, -0.2) is 6.03 Å². The highest BCUT2D eigenvalue weighted by Gasteiger charge is 2.32.